The van der Waals surface area contributed by atoms with Gasteiger partial charge in [-0.1, -0.05) is 38.0 Å². The lowest BCUT2D eigenvalue weighted by Gasteiger charge is -2.13. The van der Waals surface area contributed by atoms with E-state index in [1.807, 2.05) is 0 Å². The summed E-state index contributed by atoms with van der Waals surface area (Å²) in [6.07, 6.45) is 2.73. The third-order valence-electron chi connectivity index (χ3n) is 2.78. The van der Waals surface area contributed by atoms with E-state index in [0.29, 0.717) is 4.90 Å². The van der Waals surface area contributed by atoms with Crippen molar-refractivity contribution in [3.63, 3.8) is 0 Å². The Bertz CT molecular complexity index is 412. The predicted octanol–water partition coefficient (Wildman–Crippen LogP) is 2.26. The largest absolute Gasteiger partial charge is 0.396 e. The Morgan fingerprint density at radius 1 is 1.24 bits per heavy atom. The van der Waals surface area contributed by atoms with Gasteiger partial charge in [0.05, 0.1) is 10.6 Å². The molecule has 4 heteroatoms. The molecule has 0 fully saturated rings. The third-order valence-corrected chi connectivity index (χ3v) is 4.68. The maximum atomic E-state index is 12.1. The van der Waals surface area contributed by atoms with Crippen LogP contribution in [0.15, 0.2) is 35.2 Å². The Morgan fingerprint density at radius 2 is 1.88 bits per heavy atom. The Hall–Kier alpha value is -0.870. The van der Waals surface area contributed by atoms with Crippen LogP contribution in [0.25, 0.3) is 0 Å². The second-order valence-electron chi connectivity index (χ2n) is 4.29. The summed E-state index contributed by atoms with van der Waals surface area (Å²) in [5.41, 5.74) is 0. The topological polar surface area (TPSA) is 54.4 Å². The summed E-state index contributed by atoms with van der Waals surface area (Å²) in [5.74, 6) is -0.117. The summed E-state index contributed by atoms with van der Waals surface area (Å²) < 4.78 is 24.1. The van der Waals surface area contributed by atoms with E-state index in [1.165, 1.54) is 0 Å². The first-order valence-electron chi connectivity index (χ1n) is 5.98. The van der Waals surface area contributed by atoms with Gasteiger partial charge in [0.1, 0.15) is 0 Å². The lowest BCUT2D eigenvalue weighted by atomic mass is 10.1. The van der Waals surface area contributed by atoms with Gasteiger partial charge in [-0.25, -0.2) is 8.42 Å². The van der Waals surface area contributed by atoms with E-state index in [4.69, 9.17) is 0 Å². The zero-order valence-electron chi connectivity index (χ0n) is 10.2. The highest BCUT2D eigenvalue weighted by molar-refractivity contribution is 7.91. The van der Waals surface area contributed by atoms with Gasteiger partial charge in [0.2, 0.25) is 0 Å². The molecule has 0 spiro atoms. The van der Waals surface area contributed by atoms with Crippen molar-refractivity contribution in [3.8, 4) is 0 Å². The monoisotopic (exact) mass is 256 g/mol. The molecule has 96 valence electrons. The van der Waals surface area contributed by atoms with E-state index in [0.717, 1.165) is 19.3 Å². The smallest absolute Gasteiger partial charge is 0.178 e. The van der Waals surface area contributed by atoms with Crippen LogP contribution < -0.4 is 0 Å². The summed E-state index contributed by atoms with van der Waals surface area (Å²) in [4.78, 5) is 0.343. The van der Waals surface area contributed by atoms with Crippen molar-refractivity contribution in [3.05, 3.63) is 30.3 Å². The van der Waals surface area contributed by atoms with Gasteiger partial charge in [-0.2, -0.15) is 0 Å². The second kappa shape index (κ2) is 6.77. The van der Waals surface area contributed by atoms with Crippen molar-refractivity contribution < 1.29 is 13.5 Å². The maximum Gasteiger partial charge on any atom is 0.178 e. The first-order valence-corrected chi connectivity index (χ1v) is 7.64. The van der Waals surface area contributed by atoms with Crippen molar-refractivity contribution in [2.75, 3.05) is 12.4 Å². The molecule has 0 aliphatic heterocycles. The highest BCUT2D eigenvalue weighted by Gasteiger charge is 2.20. The number of aliphatic hydroxyl groups excluding tert-OH is 1. The van der Waals surface area contributed by atoms with E-state index in [2.05, 4.69) is 6.92 Å². The van der Waals surface area contributed by atoms with Crippen molar-refractivity contribution in [1.29, 1.82) is 0 Å². The fraction of sp³-hybridized carbons (Fsp3) is 0.538. The average molecular weight is 256 g/mol. The highest BCUT2D eigenvalue weighted by atomic mass is 32.2. The van der Waals surface area contributed by atoms with Crippen LogP contribution in [0, 0.1) is 5.92 Å². The van der Waals surface area contributed by atoms with E-state index < -0.39 is 9.84 Å². The van der Waals surface area contributed by atoms with Crippen molar-refractivity contribution >= 4 is 9.84 Å². The molecule has 1 rings (SSSR count). The SMILES string of the molecule is CCCC[C@@H](CO)CS(=O)(=O)c1ccccc1. The number of unbranched alkanes of at least 4 members (excludes halogenated alkanes) is 1. The van der Waals surface area contributed by atoms with Crippen LogP contribution in [0.3, 0.4) is 0 Å². The van der Waals surface area contributed by atoms with Crippen LogP contribution in [0.2, 0.25) is 0 Å². The van der Waals surface area contributed by atoms with E-state index >= 15 is 0 Å². The van der Waals surface area contributed by atoms with E-state index in [9.17, 15) is 13.5 Å². The minimum Gasteiger partial charge on any atom is -0.396 e. The van der Waals surface area contributed by atoms with Gasteiger partial charge in [0.25, 0.3) is 0 Å². The lowest BCUT2D eigenvalue weighted by molar-refractivity contribution is 0.229. The molecule has 0 radical (unpaired) electrons. The number of rotatable bonds is 7. The Morgan fingerprint density at radius 3 is 2.41 bits per heavy atom. The fourth-order valence-corrected chi connectivity index (χ4v) is 3.41. The summed E-state index contributed by atoms with van der Waals surface area (Å²) in [7, 11) is -3.26. The molecule has 17 heavy (non-hydrogen) atoms. The molecule has 0 saturated carbocycles. The standard InChI is InChI=1S/C13H20O3S/c1-2-3-7-12(10-14)11-17(15,16)13-8-5-4-6-9-13/h4-6,8-9,12,14H,2-3,7,10-11H2,1H3/t12-/m0/s1. The summed E-state index contributed by atoms with van der Waals surface area (Å²) in [5, 5.41) is 9.20. The highest BCUT2D eigenvalue weighted by Crippen LogP contribution is 2.17. The summed E-state index contributed by atoms with van der Waals surface area (Å²) in [6, 6.07) is 8.42. The number of sulfone groups is 1. The number of hydrogen-bond acceptors (Lipinski definition) is 3. The van der Waals surface area contributed by atoms with Crippen molar-refractivity contribution in [2.45, 2.75) is 31.1 Å². The molecule has 3 nitrogen and oxygen atoms in total. The molecular weight excluding hydrogens is 236 g/mol. The second-order valence-corrected chi connectivity index (χ2v) is 6.32. The maximum absolute atomic E-state index is 12.1. The Balaban J connectivity index is 2.72. The van der Waals surface area contributed by atoms with Gasteiger partial charge < -0.3 is 5.11 Å². The number of benzene rings is 1. The van der Waals surface area contributed by atoms with Crippen LogP contribution in [0.4, 0.5) is 0 Å². The van der Waals surface area contributed by atoms with E-state index in [1.54, 1.807) is 30.3 Å². The lowest BCUT2D eigenvalue weighted by Crippen LogP contribution is -2.19. The van der Waals surface area contributed by atoms with Crippen LogP contribution in [0.5, 0.6) is 0 Å². The third kappa shape index (κ3) is 4.48. The quantitative estimate of drug-likeness (QED) is 0.814. The van der Waals surface area contributed by atoms with Crippen molar-refractivity contribution in [2.24, 2.45) is 5.92 Å². The molecule has 0 aliphatic rings. The molecule has 0 amide bonds. The molecular formula is C13H20O3S. The first kappa shape index (κ1) is 14.2. The summed E-state index contributed by atoms with van der Waals surface area (Å²) >= 11 is 0. The molecule has 0 aromatic heterocycles. The predicted molar refractivity (Wildman–Crippen MR) is 68.6 cm³/mol. The minimum atomic E-state index is -3.26. The number of hydrogen-bond donors (Lipinski definition) is 1. The van der Waals surface area contributed by atoms with Crippen molar-refractivity contribution in [1.82, 2.24) is 0 Å². The molecule has 1 aromatic carbocycles. The number of aliphatic hydroxyl groups is 1. The molecule has 0 aliphatic carbocycles. The van der Waals surface area contributed by atoms with Crippen LogP contribution in [-0.4, -0.2) is 25.9 Å². The Labute approximate surface area is 103 Å². The zero-order valence-corrected chi connectivity index (χ0v) is 11.0. The van der Waals surface area contributed by atoms with Crippen LogP contribution in [0.1, 0.15) is 26.2 Å². The van der Waals surface area contributed by atoms with Gasteiger partial charge in [0, 0.05) is 6.61 Å². The van der Waals surface area contributed by atoms with Gasteiger partial charge in [-0.3, -0.25) is 0 Å². The average Bonchev–Trinajstić information content (AvgIpc) is 2.35. The molecule has 0 heterocycles. The molecule has 0 unspecified atom stereocenters. The molecule has 1 atom stereocenters. The molecule has 0 saturated heterocycles. The van der Waals surface area contributed by atoms with Gasteiger partial charge in [-0.15, -0.1) is 0 Å². The molecule has 1 N–H and O–H groups in total. The van der Waals surface area contributed by atoms with Gasteiger partial charge >= 0.3 is 0 Å². The molecule has 1 aromatic rings. The van der Waals surface area contributed by atoms with Gasteiger partial charge in [-0.05, 0) is 24.5 Å². The zero-order chi connectivity index (χ0) is 12.7. The van der Waals surface area contributed by atoms with Crippen LogP contribution >= 0.6 is 0 Å². The van der Waals surface area contributed by atoms with E-state index in [-0.39, 0.29) is 18.3 Å². The molecule has 0 bridgehead atoms. The normalized spacial score (nSPS) is 13.5. The Kier molecular flexibility index (Phi) is 5.65. The first-order chi connectivity index (χ1) is 8.10. The fourth-order valence-electron chi connectivity index (χ4n) is 1.75. The minimum absolute atomic E-state index is 0.0352. The van der Waals surface area contributed by atoms with Gasteiger partial charge in [0.15, 0.2) is 9.84 Å². The van der Waals surface area contributed by atoms with Crippen LogP contribution in [-0.2, 0) is 9.84 Å². The summed E-state index contributed by atoms with van der Waals surface area (Å²) in [6.45, 7) is 1.99.